The number of carboxylic acid groups (broad SMARTS) is 1. The van der Waals surface area contributed by atoms with Crippen LogP contribution >= 0.6 is 0 Å². The van der Waals surface area contributed by atoms with Gasteiger partial charge < -0.3 is 9.84 Å². The van der Waals surface area contributed by atoms with Crippen LogP contribution in [-0.4, -0.2) is 41.9 Å². The summed E-state index contributed by atoms with van der Waals surface area (Å²) in [7, 11) is -4.45. The molecule has 0 radical (unpaired) electrons. The van der Waals surface area contributed by atoms with Crippen LogP contribution in [0.25, 0.3) is 11.1 Å². The Morgan fingerprint density at radius 2 is 1.95 bits per heavy atom. The lowest BCUT2D eigenvalue weighted by molar-refractivity contribution is -0.138. The van der Waals surface area contributed by atoms with Crippen LogP contribution in [0.1, 0.15) is 32.3 Å². The Bertz CT molecular complexity index is 1400. The maximum atomic E-state index is 13.7. The maximum absolute atomic E-state index is 13.7. The fourth-order valence-electron chi connectivity index (χ4n) is 4.10. The van der Waals surface area contributed by atoms with E-state index < -0.39 is 38.7 Å². The first-order valence-corrected chi connectivity index (χ1v) is 13.0. The summed E-state index contributed by atoms with van der Waals surface area (Å²) in [5.74, 6) is -0.522. The Morgan fingerprint density at radius 3 is 2.62 bits per heavy atom. The Morgan fingerprint density at radius 1 is 1.19 bits per heavy atom. The molecular weight excluding hydrogens is 511 g/mol. The summed E-state index contributed by atoms with van der Waals surface area (Å²) >= 11 is 0. The molecule has 0 fully saturated rings. The van der Waals surface area contributed by atoms with Gasteiger partial charge in [0.15, 0.2) is 0 Å². The number of benzene rings is 2. The maximum Gasteiger partial charge on any atom is 0.416 e. The molecule has 0 saturated heterocycles. The lowest BCUT2D eigenvalue weighted by atomic mass is 10.1. The van der Waals surface area contributed by atoms with Crippen LogP contribution in [0.5, 0.6) is 5.75 Å². The monoisotopic (exact) mass is 537 g/mol. The average molecular weight is 538 g/mol. The molecule has 198 valence electrons. The van der Waals surface area contributed by atoms with Crippen LogP contribution < -0.4 is 9.04 Å². The molecule has 1 N–H and O–H groups in total. The quantitative estimate of drug-likeness (QED) is 0.432. The van der Waals surface area contributed by atoms with Crippen molar-refractivity contribution >= 4 is 21.7 Å². The van der Waals surface area contributed by atoms with E-state index in [0.717, 1.165) is 28.1 Å². The van der Waals surface area contributed by atoms with Crippen molar-refractivity contribution in [3.05, 3.63) is 60.4 Å². The van der Waals surface area contributed by atoms with Crippen LogP contribution in [-0.2, 0) is 27.5 Å². The second kappa shape index (κ2) is 10.1. The van der Waals surface area contributed by atoms with E-state index in [2.05, 4.69) is 18.9 Å². The Labute approximate surface area is 212 Å². The van der Waals surface area contributed by atoms with Gasteiger partial charge in [-0.05, 0) is 48.2 Å². The number of carbonyl (C=O) groups is 1. The number of hydrogen-bond donors (Lipinski definition) is 1. The van der Waals surface area contributed by atoms with Crippen LogP contribution in [0, 0.1) is 5.92 Å². The first kappa shape index (κ1) is 26.5. The Balaban J connectivity index is 1.77. The van der Waals surface area contributed by atoms with E-state index in [1.165, 1.54) is 0 Å². The van der Waals surface area contributed by atoms with E-state index in [4.69, 9.17) is 9.84 Å². The number of alkyl halides is 3. The number of aromatic nitrogens is 2. The number of aliphatic carboxylic acids is 1. The van der Waals surface area contributed by atoms with Gasteiger partial charge >= 0.3 is 12.1 Å². The number of carboxylic acids is 1. The number of fused-ring (bicyclic) bond motifs is 1. The molecule has 0 spiro atoms. The average Bonchev–Trinajstić information content (AvgIpc) is 3.29. The fraction of sp³-hybridized carbons (Fsp3) is 0.360. The molecule has 1 aromatic heterocycles. The molecule has 1 atom stereocenters. The van der Waals surface area contributed by atoms with Gasteiger partial charge in [-0.1, -0.05) is 26.0 Å². The molecule has 0 unspecified atom stereocenters. The predicted octanol–water partition coefficient (Wildman–Crippen LogP) is 5.05. The van der Waals surface area contributed by atoms with E-state index >= 15 is 0 Å². The van der Waals surface area contributed by atoms with Crippen molar-refractivity contribution in [2.24, 2.45) is 5.92 Å². The molecule has 0 bridgehead atoms. The van der Waals surface area contributed by atoms with Crippen molar-refractivity contribution in [2.75, 3.05) is 10.8 Å². The molecule has 2 heterocycles. The van der Waals surface area contributed by atoms with Gasteiger partial charge in [-0.25, -0.2) is 8.42 Å². The molecule has 4 rings (SSSR count). The van der Waals surface area contributed by atoms with Gasteiger partial charge in [0.1, 0.15) is 11.9 Å². The fourth-order valence-corrected chi connectivity index (χ4v) is 5.65. The minimum Gasteiger partial charge on any atom is -0.486 e. The highest BCUT2D eigenvalue weighted by Gasteiger charge is 2.37. The van der Waals surface area contributed by atoms with Crippen LogP contribution in [0.15, 0.2) is 59.8 Å². The molecule has 0 aliphatic carbocycles. The number of ether oxygens (including phenoxy) is 1. The topological polar surface area (TPSA) is 102 Å². The van der Waals surface area contributed by atoms with Gasteiger partial charge in [0.05, 0.1) is 28.9 Å². The van der Waals surface area contributed by atoms with Crippen molar-refractivity contribution in [1.82, 2.24) is 9.78 Å². The van der Waals surface area contributed by atoms with Crippen molar-refractivity contribution in [3.63, 3.8) is 0 Å². The first-order chi connectivity index (χ1) is 17.3. The van der Waals surface area contributed by atoms with E-state index in [9.17, 15) is 26.4 Å². The molecule has 2 aromatic carbocycles. The molecule has 37 heavy (non-hydrogen) atoms. The van der Waals surface area contributed by atoms with Gasteiger partial charge in [0.25, 0.3) is 10.0 Å². The third-order valence-electron chi connectivity index (χ3n) is 5.84. The zero-order chi connectivity index (χ0) is 27.0. The standard InChI is InChI=1S/C25H26F3N3O5S/c1-16(2)13-30-14-18(12-29-30)17-6-8-23-22(10-17)31(15-20(36-23)7-9-24(32)33)37(34,35)21-5-3-4-19(11-21)25(26,27)28/h3-6,8,10-12,14,16,20H,7,9,13,15H2,1-2H3,(H,32,33)/t20-/m0/s1. The van der Waals surface area contributed by atoms with Crippen LogP contribution in [0.3, 0.4) is 0 Å². The molecule has 0 amide bonds. The van der Waals surface area contributed by atoms with E-state index in [-0.39, 0.29) is 30.8 Å². The van der Waals surface area contributed by atoms with Gasteiger partial charge in [-0.15, -0.1) is 0 Å². The van der Waals surface area contributed by atoms with E-state index in [1.54, 1.807) is 29.1 Å². The molecule has 0 saturated carbocycles. The third kappa shape index (κ3) is 5.90. The molecule has 12 heteroatoms. The van der Waals surface area contributed by atoms with E-state index in [0.29, 0.717) is 24.1 Å². The highest BCUT2D eigenvalue weighted by molar-refractivity contribution is 7.92. The minimum absolute atomic E-state index is 0.0209. The summed E-state index contributed by atoms with van der Waals surface area (Å²) in [6, 6.07) is 8.43. The highest BCUT2D eigenvalue weighted by Crippen LogP contribution is 2.41. The Hall–Kier alpha value is -3.54. The van der Waals surface area contributed by atoms with E-state index in [1.807, 2.05) is 6.20 Å². The van der Waals surface area contributed by atoms with Crippen LogP contribution in [0.4, 0.5) is 18.9 Å². The number of anilines is 1. The minimum atomic E-state index is -4.72. The molecule has 1 aliphatic heterocycles. The molecular formula is C25H26F3N3O5S. The third-order valence-corrected chi connectivity index (χ3v) is 7.61. The van der Waals surface area contributed by atoms with Crippen molar-refractivity contribution in [3.8, 4) is 16.9 Å². The van der Waals surface area contributed by atoms with Gasteiger partial charge in [0.2, 0.25) is 0 Å². The predicted molar refractivity (Wildman–Crippen MR) is 130 cm³/mol. The molecule has 3 aromatic rings. The van der Waals surface area contributed by atoms with Crippen molar-refractivity contribution in [1.29, 1.82) is 0 Å². The zero-order valence-electron chi connectivity index (χ0n) is 20.1. The molecule has 8 nitrogen and oxygen atoms in total. The van der Waals surface area contributed by atoms with Crippen molar-refractivity contribution in [2.45, 2.75) is 50.4 Å². The second-order valence-electron chi connectivity index (χ2n) is 9.26. The summed E-state index contributed by atoms with van der Waals surface area (Å²) < 4.78 is 75.9. The smallest absolute Gasteiger partial charge is 0.416 e. The number of rotatable bonds is 8. The normalized spacial score (nSPS) is 15.9. The highest BCUT2D eigenvalue weighted by atomic mass is 32.2. The number of sulfonamides is 1. The number of hydrogen-bond acceptors (Lipinski definition) is 5. The first-order valence-electron chi connectivity index (χ1n) is 11.6. The summed E-state index contributed by atoms with van der Waals surface area (Å²) in [5.41, 5.74) is 0.437. The van der Waals surface area contributed by atoms with Gasteiger partial charge in [0, 0.05) is 24.7 Å². The SMILES string of the molecule is CC(C)Cn1cc(-c2ccc3c(c2)N(S(=O)(=O)c2cccc(C(F)(F)F)c2)C[C@H](CCC(=O)O)O3)cn1. The molecule has 1 aliphatic rings. The lowest BCUT2D eigenvalue weighted by Crippen LogP contribution is -2.43. The summed E-state index contributed by atoms with van der Waals surface area (Å²) in [5, 5.41) is 13.4. The van der Waals surface area contributed by atoms with Crippen LogP contribution in [0.2, 0.25) is 0 Å². The summed E-state index contributed by atoms with van der Waals surface area (Å²) in [6.07, 6.45) is -2.29. The number of halogens is 3. The van der Waals surface area contributed by atoms with Gasteiger partial charge in [-0.2, -0.15) is 18.3 Å². The Kier molecular flexibility index (Phi) is 7.22. The second-order valence-corrected chi connectivity index (χ2v) is 11.1. The number of nitrogens with zero attached hydrogens (tertiary/aromatic N) is 3. The summed E-state index contributed by atoms with van der Waals surface area (Å²) in [6.45, 7) is 4.54. The zero-order valence-corrected chi connectivity index (χ0v) is 21.0. The lowest BCUT2D eigenvalue weighted by Gasteiger charge is -2.35. The summed E-state index contributed by atoms with van der Waals surface area (Å²) in [4.78, 5) is 10.6. The van der Waals surface area contributed by atoms with Crippen molar-refractivity contribution < 1.29 is 36.2 Å². The van der Waals surface area contributed by atoms with Gasteiger partial charge in [-0.3, -0.25) is 13.8 Å². The largest absolute Gasteiger partial charge is 0.486 e.